The highest BCUT2D eigenvalue weighted by atomic mass is 32.1. The minimum atomic E-state index is -0.0959. The van der Waals surface area contributed by atoms with E-state index in [1.807, 2.05) is 28.3 Å². The van der Waals surface area contributed by atoms with Crippen LogP contribution in [0.2, 0.25) is 0 Å². The van der Waals surface area contributed by atoms with Gasteiger partial charge >= 0.3 is 0 Å². The molecule has 0 unspecified atom stereocenters. The van der Waals surface area contributed by atoms with Crippen LogP contribution in [0.25, 0.3) is 21.1 Å². The van der Waals surface area contributed by atoms with E-state index in [9.17, 15) is 4.79 Å². The standard InChI is InChI=1S/C24H25N5OS3/c1-28-8-10-29(11-9-28)14-17-4-6-18(7-5-17)23-25-19(15-32-23)13-22(30)27-24-26-20(16-33-24)21-3-2-12-31-21/h2-7,12,15-16H,8-11,13-14H2,1H3,(H,26,27,30). The van der Waals surface area contributed by atoms with Crippen molar-refractivity contribution < 1.29 is 4.79 Å². The average Bonchev–Trinajstić information content (AvgIpc) is 3.58. The van der Waals surface area contributed by atoms with E-state index in [0.717, 1.165) is 59.6 Å². The normalized spacial score (nSPS) is 15.1. The van der Waals surface area contributed by atoms with Gasteiger partial charge in [-0.15, -0.1) is 34.0 Å². The number of hydrogen-bond acceptors (Lipinski definition) is 8. The average molecular weight is 496 g/mol. The number of likely N-dealkylation sites (N-methyl/N-ethyl adjacent to an activating group) is 1. The highest BCUT2D eigenvalue weighted by molar-refractivity contribution is 7.16. The van der Waals surface area contributed by atoms with Crippen LogP contribution in [-0.4, -0.2) is 58.9 Å². The number of anilines is 1. The summed E-state index contributed by atoms with van der Waals surface area (Å²) in [5.41, 5.74) is 4.10. The largest absolute Gasteiger partial charge is 0.304 e. The number of nitrogens with one attached hydrogen (secondary N) is 1. The maximum Gasteiger partial charge on any atom is 0.232 e. The fourth-order valence-corrected chi connectivity index (χ4v) is 6.05. The Morgan fingerprint density at radius 2 is 1.82 bits per heavy atom. The molecule has 0 radical (unpaired) electrons. The molecule has 1 N–H and O–H groups in total. The second kappa shape index (κ2) is 10.2. The molecule has 1 amide bonds. The summed E-state index contributed by atoms with van der Waals surface area (Å²) in [4.78, 5) is 27.7. The smallest absolute Gasteiger partial charge is 0.232 e. The molecule has 33 heavy (non-hydrogen) atoms. The van der Waals surface area contributed by atoms with Gasteiger partial charge in [-0.05, 0) is 24.1 Å². The third-order valence-corrected chi connectivity index (χ3v) is 8.21. The number of benzene rings is 1. The molecule has 4 aromatic rings. The van der Waals surface area contributed by atoms with Gasteiger partial charge < -0.3 is 10.2 Å². The molecule has 1 aliphatic rings. The summed E-state index contributed by atoms with van der Waals surface area (Å²) < 4.78 is 0. The van der Waals surface area contributed by atoms with Gasteiger partial charge in [0.15, 0.2) is 5.13 Å². The summed E-state index contributed by atoms with van der Waals surface area (Å²) in [5.74, 6) is -0.0959. The van der Waals surface area contributed by atoms with Crippen molar-refractivity contribution >= 4 is 45.0 Å². The van der Waals surface area contributed by atoms with Gasteiger partial charge in [-0.2, -0.15) is 0 Å². The van der Waals surface area contributed by atoms with Gasteiger partial charge in [0.05, 0.1) is 22.7 Å². The molecule has 1 aliphatic heterocycles. The first-order valence-corrected chi connectivity index (χ1v) is 13.5. The van der Waals surface area contributed by atoms with Crippen molar-refractivity contribution in [2.75, 3.05) is 38.5 Å². The minimum absolute atomic E-state index is 0.0959. The highest BCUT2D eigenvalue weighted by Gasteiger charge is 2.15. The lowest BCUT2D eigenvalue weighted by atomic mass is 10.1. The van der Waals surface area contributed by atoms with Crippen molar-refractivity contribution in [1.29, 1.82) is 0 Å². The zero-order valence-electron chi connectivity index (χ0n) is 18.4. The molecule has 0 saturated carbocycles. The maximum atomic E-state index is 12.5. The molecule has 0 atom stereocenters. The maximum absolute atomic E-state index is 12.5. The van der Waals surface area contributed by atoms with E-state index in [0.29, 0.717) is 5.13 Å². The molecule has 0 bridgehead atoms. The molecule has 1 fully saturated rings. The SMILES string of the molecule is CN1CCN(Cc2ccc(-c3nc(CC(=O)Nc4nc(-c5cccs5)cs4)cs3)cc2)CC1. The molecule has 0 spiro atoms. The molecule has 3 aromatic heterocycles. The van der Waals surface area contributed by atoms with Gasteiger partial charge in [0.2, 0.25) is 5.91 Å². The lowest BCUT2D eigenvalue weighted by molar-refractivity contribution is -0.115. The van der Waals surface area contributed by atoms with Crippen LogP contribution in [0.1, 0.15) is 11.3 Å². The van der Waals surface area contributed by atoms with Crippen LogP contribution in [0, 0.1) is 0 Å². The van der Waals surface area contributed by atoms with Crippen molar-refractivity contribution in [3.63, 3.8) is 0 Å². The second-order valence-electron chi connectivity index (χ2n) is 8.16. The Morgan fingerprint density at radius 3 is 2.58 bits per heavy atom. The number of nitrogens with zero attached hydrogens (tertiary/aromatic N) is 4. The fraction of sp³-hybridized carbons (Fsp3) is 0.292. The van der Waals surface area contributed by atoms with Crippen molar-refractivity contribution in [2.24, 2.45) is 0 Å². The van der Waals surface area contributed by atoms with E-state index < -0.39 is 0 Å². The number of aromatic nitrogens is 2. The summed E-state index contributed by atoms with van der Waals surface area (Å²) in [6.45, 7) is 5.49. The van der Waals surface area contributed by atoms with E-state index in [4.69, 9.17) is 0 Å². The number of hydrogen-bond donors (Lipinski definition) is 1. The third kappa shape index (κ3) is 5.74. The number of carbonyl (C=O) groups excluding carboxylic acids is 1. The van der Waals surface area contributed by atoms with Gasteiger partial charge in [0, 0.05) is 49.0 Å². The Balaban J connectivity index is 1.16. The van der Waals surface area contributed by atoms with E-state index in [-0.39, 0.29) is 12.3 Å². The predicted octanol–water partition coefficient (Wildman–Crippen LogP) is 4.92. The van der Waals surface area contributed by atoms with E-state index in [2.05, 4.69) is 56.4 Å². The van der Waals surface area contributed by atoms with Crippen LogP contribution in [0.4, 0.5) is 5.13 Å². The first-order valence-electron chi connectivity index (χ1n) is 10.9. The fourth-order valence-electron chi connectivity index (χ4n) is 3.73. The van der Waals surface area contributed by atoms with Crippen molar-refractivity contribution in [1.82, 2.24) is 19.8 Å². The van der Waals surface area contributed by atoms with Crippen LogP contribution in [0.3, 0.4) is 0 Å². The van der Waals surface area contributed by atoms with Gasteiger partial charge in [-0.3, -0.25) is 9.69 Å². The number of piperazine rings is 1. The molecule has 1 aromatic carbocycles. The molecule has 4 heterocycles. The number of amides is 1. The summed E-state index contributed by atoms with van der Waals surface area (Å²) in [7, 11) is 2.18. The van der Waals surface area contributed by atoms with E-state index >= 15 is 0 Å². The van der Waals surface area contributed by atoms with Gasteiger partial charge in [0.25, 0.3) is 0 Å². The Kier molecular flexibility index (Phi) is 6.93. The monoisotopic (exact) mass is 495 g/mol. The first-order chi connectivity index (χ1) is 16.1. The Bertz CT molecular complexity index is 1190. The van der Waals surface area contributed by atoms with Crippen LogP contribution < -0.4 is 5.32 Å². The summed E-state index contributed by atoms with van der Waals surface area (Å²) in [5, 5.41) is 10.4. The number of rotatable bonds is 7. The molecular formula is C24H25N5OS3. The van der Waals surface area contributed by atoms with Crippen LogP contribution in [-0.2, 0) is 17.8 Å². The molecule has 1 saturated heterocycles. The summed E-state index contributed by atoms with van der Waals surface area (Å²) in [6.07, 6.45) is 0.242. The first kappa shape index (κ1) is 22.4. The third-order valence-electron chi connectivity index (χ3n) is 5.62. The molecular weight excluding hydrogens is 470 g/mol. The quantitative estimate of drug-likeness (QED) is 0.394. The van der Waals surface area contributed by atoms with Crippen LogP contribution in [0.5, 0.6) is 0 Å². The highest BCUT2D eigenvalue weighted by Crippen LogP contribution is 2.29. The number of carbonyl (C=O) groups is 1. The Morgan fingerprint density at radius 1 is 1.00 bits per heavy atom. The van der Waals surface area contributed by atoms with E-state index in [1.54, 1.807) is 22.7 Å². The Hall–Kier alpha value is -2.43. The second-order valence-corrected chi connectivity index (χ2v) is 10.8. The van der Waals surface area contributed by atoms with Crippen molar-refractivity contribution in [2.45, 2.75) is 13.0 Å². The van der Waals surface area contributed by atoms with Gasteiger partial charge in [-0.1, -0.05) is 30.3 Å². The zero-order valence-corrected chi connectivity index (χ0v) is 20.8. The van der Waals surface area contributed by atoms with Crippen molar-refractivity contribution in [3.05, 3.63) is 63.8 Å². The minimum Gasteiger partial charge on any atom is -0.304 e. The van der Waals surface area contributed by atoms with Crippen LogP contribution in [0.15, 0.2) is 52.5 Å². The van der Waals surface area contributed by atoms with Crippen molar-refractivity contribution in [3.8, 4) is 21.1 Å². The molecule has 6 nitrogen and oxygen atoms in total. The lowest BCUT2D eigenvalue weighted by Crippen LogP contribution is -2.43. The number of thiazole rings is 2. The topological polar surface area (TPSA) is 61.4 Å². The predicted molar refractivity (Wildman–Crippen MR) is 138 cm³/mol. The number of thiophene rings is 1. The summed E-state index contributed by atoms with van der Waals surface area (Å²) in [6, 6.07) is 12.7. The zero-order chi connectivity index (χ0) is 22.6. The lowest BCUT2D eigenvalue weighted by Gasteiger charge is -2.32. The van der Waals surface area contributed by atoms with Crippen LogP contribution >= 0.6 is 34.0 Å². The van der Waals surface area contributed by atoms with Gasteiger partial charge in [0.1, 0.15) is 5.01 Å². The Labute approximate surface area is 205 Å². The molecule has 0 aliphatic carbocycles. The molecule has 170 valence electrons. The molecule has 5 rings (SSSR count). The van der Waals surface area contributed by atoms with Gasteiger partial charge in [-0.25, -0.2) is 9.97 Å². The van der Waals surface area contributed by atoms with E-state index in [1.165, 1.54) is 16.9 Å². The summed E-state index contributed by atoms with van der Waals surface area (Å²) >= 11 is 4.66. The molecule has 9 heteroatoms.